The molecule has 1 N–H and O–H groups in total. The lowest BCUT2D eigenvalue weighted by Crippen LogP contribution is -2.35. The van der Waals surface area contributed by atoms with Gasteiger partial charge in [0, 0.05) is 16.6 Å². The van der Waals surface area contributed by atoms with E-state index in [-0.39, 0.29) is 0 Å². The summed E-state index contributed by atoms with van der Waals surface area (Å²) in [5, 5.41) is 4.47. The molecule has 0 fully saturated rings. The molecule has 1 unspecified atom stereocenters. The van der Waals surface area contributed by atoms with Crippen LogP contribution in [0.2, 0.25) is 5.02 Å². The zero-order valence-corrected chi connectivity index (χ0v) is 11.3. The van der Waals surface area contributed by atoms with Crippen LogP contribution in [0.4, 0.5) is 0 Å². The van der Waals surface area contributed by atoms with E-state index in [2.05, 4.69) is 12.2 Å². The molecule has 0 saturated heterocycles. The van der Waals surface area contributed by atoms with Gasteiger partial charge in [-0.25, -0.2) is 0 Å². The van der Waals surface area contributed by atoms with Crippen LogP contribution in [0.25, 0.3) is 0 Å². The summed E-state index contributed by atoms with van der Waals surface area (Å²) in [4.78, 5) is 0. The van der Waals surface area contributed by atoms with Crippen molar-refractivity contribution in [3.05, 3.63) is 28.3 Å². The average Bonchev–Trinajstić information content (AvgIpc) is 2.37. The van der Waals surface area contributed by atoms with Gasteiger partial charge < -0.3 is 10.1 Å². The van der Waals surface area contributed by atoms with Crippen molar-refractivity contribution in [2.24, 2.45) is 0 Å². The van der Waals surface area contributed by atoms with Gasteiger partial charge in [0.2, 0.25) is 0 Å². The zero-order chi connectivity index (χ0) is 12.3. The number of halogens is 1. The summed E-state index contributed by atoms with van der Waals surface area (Å²) < 4.78 is 5.43. The number of ether oxygens (including phenoxy) is 1. The third-order valence-electron chi connectivity index (χ3n) is 3.43. The Hall–Kier alpha value is -0.730. The summed E-state index contributed by atoms with van der Waals surface area (Å²) in [5.41, 5.74) is 2.57. The Labute approximate surface area is 108 Å². The first-order chi connectivity index (χ1) is 8.26. The zero-order valence-electron chi connectivity index (χ0n) is 10.6. The van der Waals surface area contributed by atoms with Crippen molar-refractivity contribution in [2.45, 2.75) is 38.6 Å². The highest BCUT2D eigenvalue weighted by Crippen LogP contribution is 2.34. The minimum Gasteiger partial charge on any atom is -0.496 e. The Bertz CT molecular complexity index is 392. The molecule has 3 heteroatoms. The Balaban J connectivity index is 2.20. The summed E-state index contributed by atoms with van der Waals surface area (Å²) in [6.07, 6.45) is 4.42. The third kappa shape index (κ3) is 2.75. The molecule has 0 saturated carbocycles. The van der Waals surface area contributed by atoms with Crippen LogP contribution in [0.1, 0.15) is 30.9 Å². The first kappa shape index (κ1) is 12.7. The van der Waals surface area contributed by atoms with E-state index in [1.54, 1.807) is 7.11 Å². The van der Waals surface area contributed by atoms with Crippen LogP contribution in [-0.4, -0.2) is 19.7 Å². The lowest BCUT2D eigenvalue weighted by molar-refractivity contribution is 0.394. The molecule has 1 aliphatic carbocycles. The van der Waals surface area contributed by atoms with Gasteiger partial charge in [0.1, 0.15) is 5.75 Å². The number of methoxy groups -OCH3 is 1. The summed E-state index contributed by atoms with van der Waals surface area (Å²) in [6.45, 7) is 3.28. The topological polar surface area (TPSA) is 21.3 Å². The van der Waals surface area contributed by atoms with Crippen LogP contribution in [0, 0.1) is 0 Å². The average molecular weight is 254 g/mol. The molecule has 0 aromatic heterocycles. The van der Waals surface area contributed by atoms with Gasteiger partial charge in [0.15, 0.2) is 0 Å². The molecule has 17 heavy (non-hydrogen) atoms. The number of rotatable bonds is 4. The second-order valence-electron chi connectivity index (χ2n) is 4.60. The highest BCUT2D eigenvalue weighted by atomic mass is 35.5. The molecule has 0 amide bonds. The van der Waals surface area contributed by atoms with E-state index in [1.165, 1.54) is 24.0 Å². The summed E-state index contributed by atoms with van der Waals surface area (Å²) in [6, 6.07) is 4.48. The Morgan fingerprint density at radius 2 is 2.24 bits per heavy atom. The van der Waals surface area contributed by atoms with Crippen molar-refractivity contribution in [1.82, 2.24) is 5.32 Å². The molecule has 94 valence electrons. The predicted molar refractivity (Wildman–Crippen MR) is 72.1 cm³/mol. The van der Waals surface area contributed by atoms with E-state index in [9.17, 15) is 0 Å². The van der Waals surface area contributed by atoms with E-state index in [0.717, 1.165) is 30.2 Å². The quantitative estimate of drug-likeness (QED) is 0.890. The van der Waals surface area contributed by atoms with Crippen LogP contribution in [-0.2, 0) is 12.8 Å². The second kappa shape index (κ2) is 5.74. The standard InChI is InChI=1S/C14H20ClNO/c1-3-8-16-10-4-5-11-12(9-10)14(17-2)7-6-13(11)15/h6-7,10,16H,3-5,8-9H2,1-2H3. The van der Waals surface area contributed by atoms with Crippen molar-refractivity contribution < 1.29 is 4.74 Å². The molecule has 0 radical (unpaired) electrons. The Kier molecular flexibility index (Phi) is 4.30. The maximum atomic E-state index is 6.25. The highest BCUT2D eigenvalue weighted by molar-refractivity contribution is 6.31. The molecule has 0 aliphatic heterocycles. The number of hydrogen-bond donors (Lipinski definition) is 1. The molecule has 1 aromatic rings. The van der Waals surface area contributed by atoms with Crippen molar-refractivity contribution in [3.63, 3.8) is 0 Å². The van der Waals surface area contributed by atoms with E-state index in [1.807, 2.05) is 12.1 Å². The first-order valence-electron chi connectivity index (χ1n) is 6.33. The molecule has 0 spiro atoms. The van der Waals surface area contributed by atoms with Gasteiger partial charge in [-0.15, -0.1) is 0 Å². The van der Waals surface area contributed by atoms with E-state index >= 15 is 0 Å². The monoisotopic (exact) mass is 253 g/mol. The number of fused-ring (bicyclic) bond motifs is 1. The van der Waals surface area contributed by atoms with Crippen LogP contribution >= 0.6 is 11.6 Å². The molecule has 1 atom stereocenters. The molecule has 0 heterocycles. The van der Waals surface area contributed by atoms with Crippen LogP contribution in [0.15, 0.2) is 12.1 Å². The van der Waals surface area contributed by atoms with E-state index in [4.69, 9.17) is 16.3 Å². The van der Waals surface area contributed by atoms with Gasteiger partial charge in [-0.1, -0.05) is 18.5 Å². The molecule has 2 nitrogen and oxygen atoms in total. The van der Waals surface area contributed by atoms with Crippen molar-refractivity contribution >= 4 is 11.6 Å². The number of hydrogen-bond acceptors (Lipinski definition) is 2. The van der Waals surface area contributed by atoms with Gasteiger partial charge >= 0.3 is 0 Å². The smallest absolute Gasteiger partial charge is 0.122 e. The van der Waals surface area contributed by atoms with Crippen LogP contribution in [0.3, 0.4) is 0 Å². The largest absolute Gasteiger partial charge is 0.496 e. The van der Waals surface area contributed by atoms with Crippen LogP contribution < -0.4 is 10.1 Å². The summed E-state index contributed by atoms with van der Waals surface area (Å²) in [7, 11) is 1.73. The maximum absolute atomic E-state index is 6.25. The van der Waals surface area contributed by atoms with E-state index in [0.29, 0.717) is 6.04 Å². The van der Waals surface area contributed by atoms with Gasteiger partial charge in [-0.3, -0.25) is 0 Å². The number of benzene rings is 1. The Morgan fingerprint density at radius 1 is 1.41 bits per heavy atom. The minimum atomic E-state index is 0.565. The van der Waals surface area contributed by atoms with Crippen LogP contribution in [0.5, 0.6) is 5.75 Å². The molecular weight excluding hydrogens is 234 g/mol. The Morgan fingerprint density at radius 3 is 2.94 bits per heavy atom. The van der Waals surface area contributed by atoms with Gasteiger partial charge in [0.05, 0.1) is 7.11 Å². The number of nitrogens with one attached hydrogen (secondary N) is 1. The summed E-state index contributed by atoms with van der Waals surface area (Å²) in [5.74, 6) is 0.979. The lowest BCUT2D eigenvalue weighted by atomic mass is 9.87. The normalized spacial score (nSPS) is 18.9. The van der Waals surface area contributed by atoms with E-state index < -0.39 is 0 Å². The SMILES string of the molecule is CCCNC1CCc2c(Cl)ccc(OC)c2C1. The maximum Gasteiger partial charge on any atom is 0.122 e. The van der Waals surface area contributed by atoms with Crippen molar-refractivity contribution in [3.8, 4) is 5.75 Å². The van der Waals surface area contributed by atoms with Crippen molar-refractivity contribution in [1.29, 1.82) is 0 Å². The molecule has 2 rings (SSSR count). The fraction of sp³-hybridized carbons (Fsp3) is 0.571. The minimum absolute atomic E-state index is 0.565. The molecule has 1 aromatic carbocycles. The van der Waals surface area contributed by atoms with Gasteiger partial charge in [-0.05, 0) is 49.9 Å². The van der Waals surface area contributed by atoms with Gasteiger partial charge in [-0.2, -0.15) is 0 Å². The second-order valence-corrected chi connectivity index (χ2v) is 5.01. The molecular formula is C14H20ClNO. The predicted octanol–water partition coefficient (Wildman–Crippen LogP) is 3.21. The highest BCUT2D eigenvalue weighted by Gasteiger charge is 2.22. The van der Waals surface area contributed by atoms with Gasteiger partial charge in [0.25, 0.3) is 0 Å². The summed E-state index contributed by atoms with van der Waals surface area (Å²) >= 11 is 6.25. The first-order valence-corrected chi connectivity index (χ1v) is 6.71. The lowest BCUT2D eigenvalue weighted by Gasteiger charge is -2.27. The third-order valence-corrected chi connectivity index (χ3v) is 3.78. The molecule has 1 aliphatic rings. The fourth-order valence-electron chi connectivity index (χ4n) is 2.52. The van der Waals surface area contributed by atoms with Crippen molar-refractivity contribution in [2.75, 3.05) is 13.7 Å². The molecule has 0 bridgehead atoms. The fourth-order valence-corrected chi connectivity index (χ4v) is 2.79.